The quantitative estimate of drug-likeness (QED) is 0.814. The van der Waals surface area contributed by atoms with Gasteiger partial charge in [0.2, 0.25) is 5.91 Å². The van der Waals surface area contributed by atoms with E-state index in [-0.39, 0.29) is 18.3 Å². The van der Waals surface area contributed by atoms with Crippen molar-refractivity contribution in [2.75, 3.05) is 25.5 Å². The van der Waals surface area contributed by atoms with E-state index < -0.39 is 0 Å². The van der Waals surface area contributed by atoms with Crippen LogP contribution in [0.4, 0.5) is 10.1 Å². The molecule has 0 spiro atoms. The Labute approximate surface area is 113 Å². The van der Waals surface area contributed by atoms with Crippen molar-refractivity contribution >= 4 is 11.6 Å². The Morgan fingerprint density at radius 2 is 2.21 bits per heavy atom. The Balaban J connectivity index is 2.12. The van der Waals surface area contributed by atoms with Crippen molar-refractivity contribution in [2.45, 2.75) is 25.4 Å². The highest BCUT2D eigenvalue weighted by Gasteiger charge is 2.22. The van der Waals surface area contributed by atoms with Crippen LogP contribution in [0.1, 0.15) is 18.4 Å². The van der Waals surface area contributed by atoms with Crippen molar-refractivity contribution in [1.29, 1.82) is 0 Å². The van der Waals surface area contributed by atoms with E-state index in [9.17, 15) is 9.18 Å². The molecule has 1 aliphatic rings. The Morgan fingerprint density at radius 1 is 1.47 bits per heavy atom. The normalized spacial score (nSPS) is 14.3. The molecule has 2 N–H and O–H groups in total. The second kappa shape index (κ2) is 6.02. The maximum atomic E-state index is 13.9. The van der Waals surface area contributed by atoms with Gasteiger partial charge in [-0.1, -0.05) is 6.07 Å². The second-order valence-corrected chi connectivity index (χ2v) is 4.92. The topological polar surface area (TPSA) is 44.4 Å². The van der Waals surface area contributed by atoms with E-state index in [1.165, 1.54) is 6.07 Å². The van der Waals surface area contributed by atoms with Gasteiger partial charge in [0.1, 0.15) is 5.82 Å². The molecule has 104 valence electrons. The van der Waals surface area contributed by atoms with Gasteiger partial charge in [0, 0.05) is 37.9 Å². The van der Waals surface area contributed by atoms with Crippen molar-refractivity contribution in [3.8, 4) is 0 Å². The highest BCUT2D eigenvalue weighted by molar-refractivity contribution is 5.81. The molecule has 0 aliphatic heterocycles. The molecular weight excluding hydrogens is 245 g/mol. The zero-order valence-electron chi connectivity index (χ0n) is 11.4. The van der Waals surface area contributed by atoms with Crippen LogP contribution in [-0.4, -0.2) is 32.6 Å². The third kappa shape index (κ3) is 3.67. The van der Waals surface area contributed by atoms with E-state index >= 15 is 0 Å². The molecule has 0 saturated heterocycles. The third-order valence-electron chi connectivity index (χ3n) is 3.31. The largest absolute Gasteiger partial charge is 0.365 e. The highest BCUT2D eigenvalue weighted by Crippen LogP contribution is 2.25. The minimum atomic E-state index is -0.227. The van der Waals surface area contributed by atoms with Gasteiger partial charge in [0.05, 0.1) is 6.54 Å². The van der Waals surface area contributed by atoms with Gasteiger partial charge in [-0.2, -0.15) is 0 Å². The highest BCUT2D eigenvalue weighted by atomic mass is 19.1. The Hall–Kier alpha value is -1.62. The molecule has 0 unspecified atom stereocenters. The molecule has 1 fully saturated rings. The summed E-state index contributed by atoms with van der Waals surface area (Å²) in [6.45, 7) is 0.723. The maximum absolute atomic E-state index is 13.9. The van der Waals surface area contributed by atoms with Crippen LogP contribution in [0.25, 0.3) is 0 Å². The third-order valence-corrected chi connectivity index (χ3v) is 3.31. The Bertz CT molecular complexity index is 460. The number of nitrogens with zero attached hydrogens (tertiary/aromatic N) is 1. The Morgan fingerprint density at radius 3 is 2.84 bits per heavy atom. The lowest BCUT2D eigenvalue weighted by molar-refractivity contribution is -0.119. The molecule has 0 heterocycles. The zero-order valence-corrected chi connectivity index (χ0v) is 11.4. The predicted octanol–water partition coefficient (Wildman–Crippen LogP) is 1.26. The fourth-order valence-corrected chi connectivity index (χ4v) is 1.99. The summed E-state index contributed by atoms with van der Waals surface area (Å²) in [4.78, 5) is 13.2. The number of nitrogens with one attached hydrogen (secondary N) is 2. The van der Waals surface area contributed by atoms with Gasteiger partial charge in [-0.3, -0.25) is 4.79 Å². The molecule has 1 amide bonds. The number of halogens is 1. The predicted molar refractivity (Wildman–Crippen MR) is 73.6 cm³/mol. The van der Waals surface area contributed by atoms with Gasteiger partial charge < -0.3 is 15.5 Å². The summed E-state index contributed by atoms with van der Waals surface area (Å²) in [5.74, 6) is -0.317. The fourth-order valence-electron chi connectivity index (χ4n) is 1.99. The first kappa shape index (κ1) is 13.8. The molecule has 1 aliphatic carbocycles. The number of amides is 1. The van der Waals surface area contributed by atoms with Gasteiger partial charge in [0.15, 0.2) is 0 Å². The first-order chi connectivity index (χ1) is 9.11. The van der Waals surface area contributed by atoms with Crippen LogP contribution in [0.3, 0.4) is 0 Å². The van der Waals surface area contributed by atoms with Crippen LogP contribution in [0.5, 0.6) is 0 Å². The van der Waals surface area contributed by atoms with Crippen LogP contribution in [-0.2, 0) is 11.3 Å². The average molecular weight is 265 g/mol. The minimum Gasteiger partial charge on any atom is -0.365 e. The van der Waals surface area contributed by atoms with E-state index in [2.05, 4.69) is 10.6 Å². The van der Waals surface area contributed by atoms with Crippen molar-refractivity contribution in [3.05, 3.63) is 29.6 Å². The van der Waals surface area contributed by atoms with Gasteiger partial charge in [-0.15, -0.1) is 0 Å². The first-order valence-electron chi connectivity index (χ1n) is 6.54. The summed E-state index contributed by atoms with van der Waals surface area (Å²) < 4.78 is 13.9. The number of hydrogen-bond acceptors (Lipinski definition) is 3. The minimum absolute atomic E-state index is 0.0899. The molecular formula is C14H20FN3O. The summed E-state index contributed by atoms with van der Waals surface area (Å²) in [6, 6.07) is 5.50. The second-order valence-electron chi connectivity index (χ2n) is 4.92. The van der Waals surface area contributed by atoms with Gasteiger partial charge >= 0.3 is 0 Å². The van der Waals surface area contributed by atoms with E-state index in [1.807, 2.05) is 6.07 Å². The van der Waals surface area contributed by atoms with Gasteiger partial charge in [-0.05, 0) is 25.0 Å². The molecule has 4 nitrogen and oxygen atoms in total. The van der Waals surface area contributed by atoms with E-state index in [0.717, 1.165) is 18.5 Å². The number of anilines is 1. The van der Waals surface area contributed by atoms with E-state index in [4.69, 9.17) is 0 Å². The fraction of sp³-hybridized carbons (Fsp3) is 0.500. The van der Waals surface area contributed by atoms with Crippen LogP contribution in [0.2, 0.25) is 0 Å². The number of carbonyl (C=O) groups excluding carboxylic acids is 1. The Kier molecular flexibility index (Phi) is 4.37. The van der Waals surface area contributed by atoms with Gasteiger partial charge in [-0.25, -0.2) is 4.39 Å². The van der Waals surface area contributed by atoms with E-state index in [1.54, 1.807) is 25.1 Å². The summed E-state index contributed by atoms with van der Waals surface area (Å²) in [7, 11) is 3.39. The smallest absolute Gasteiger partial charge is 0.239 e. The monoisotopic (exact) mass is 265 g/mol. The van der Waals surface area contributed by atoms with Crippen LogP contribution < -0.4 is 15.5 Å². The number of rotatable bonds is 6. The first-order valence-corrected chi connectivity index (χ1v) is 6.54. The molecule has 0 bridgehead atoms. The van der Waals surface area contributed by atoms with Crippen molar-refractivity contribution in [2.24, 2.45) is 0 Å². The van der Waals surface area contributed by atoms with Crippen molar-refractivity contribution in [3.63, 3.8) is 0 Å². The molecule has 1 aromatic rings. The summed E-state index contributed by atoms with van der Waals surface area (Å²) in [5.41, 5.74) is 1.39. The lowest BCUT2D eigenvalue weighted by Crippen LogP contribution is -2.34. The summed E-state index contributed by atoms with van der Waals surface area (Å²) in [6.07, 6.45) is 2.33. The van der Waals surface area contributed by atoms with Crippen LogP contribution in [0.15, 0.2) is 18.2 Å². The molecule has 1 aromatic carbocycles. The molecule has 5 heteroatoms. The average Bonchev–Trinajstić information content (AvgIpc) is 3.20. The summed E-state index contributed by atoms with van der Waals surface area (Å²) in [5, 5.41) is 5.88. The number of carbonyl (C=O) groups is 1. The zero-order chi connectivity index (χ0) is 13.8. The standard InChI is InChI=1S/C14H20FN3O/c1-16-14(19)9-18(2)13-5-3-4-12(15)11(13)8-17-10-6-7-10/h3-5,10,17H,6-9H2,1-2H3,(H,16,19). The lowest BCUT2D eigenvalue weighted by Gasteiger charge is -2.22. The van der Waals surface area contributed by atoms with Crippen LogP contribution in [0, 0.1) is 5.82 Å². The molecule has 1 saturated carbocycles. The molecule has 2 rings (SSSR count). The van der Waals surface area contributed by atoms with Crippen molar-refractivity contribution < 1.29 is 9.18 Å². The number of likely N-dealkylation sites (N-methyl/N-ethyl adjacent to an activating group) is 2. The number of hydrogen-bond donors (Lipinski definition) is 2. The van der Waals surface area contributed by atoms with E-state index in [0.29, 0.717) is 18.2 Å². The molecule has 19 heavy (non-hydrogen) atoms. The van der Waals surface area contributed by atoms with Crippen molar-refractivity contribution in [1.82, 2.24) is 10.6 Å². The molecule has 0 aromatic heterocycles. The van der Waals surface area contributed by atoms with Gasteiger partial charge in [0.25, 0.3) is 0 Å². The summed E-state index contributed by atoms with van der Waals surface area (Å²) >= 11 is 0. The molecule has 0 atom stereocenters. The SMILES string of the molecule is CNC(=O)CN(C)c1cccc(F)c1CNC1CC1. The lowest BCUT2D eigenvalue weighted by atomic mass is 10.1. The van der Waals surface area contributed by atoms with Crippen LogP contribution >= 0.6 is 0 Å². The molecule has 0 radical (unpaired) electrons. The number of benzene rings is 1. The maximum Gasteiger partial charge on any atom is 0.239 e.